The molecule has 112 valence electrons. The summed E-state index contributed by atoms with van der Waals surface area (Å²) in [6, 6.07) is 4.98. The number of urea groups is 1. The Morgan fingerprint density at radius 1 is 1.29 bits per heavy atom. The average molecular weight is 291 g/mol. The smallest absolute Gasteiger partial charge is 0.325 e. The molecular weight excluding hydrogens is 274 g/mol. The van der Waals surface area contributed by atoms with Crippen LogP contribution in [0, 0.1) is 10.1 Å². The number of non-ortho nitro benzene ring substituents is 1. The minimum Gasteiger partial charge on any atom is -0.326 e. The second kappa shape index (κ2) is 6.34. The lowest BCUT2D eigenvalue weighted by molar-refractivity contribution is -0.384. The van der Waals surface area contributed by atoms with E-state index in [0.717, 1.165) is 17.7 Å². The number of amides is 3. The third kappa shape index (κ3) is 3.36. The maximum Gasteiger partial charge on any atom is 0.325 e. The Kier molecular flexibility index (Phi) is 4.52. The number of hydrogen-bond acceptors (Lipinski definition) is 4. The molecule has 0 unspecified atom stereocenters. The molecule has 1 aromatic rings. The lowest BCUT2D eigenvalue weighted by atomic mass is 10.1. The van der Waals surface area contributed by atoms with Gasteiger partial charge in [0, 0.05) is 12.1 Å². The van der Waals surface area contributed by atoms with Crippen molar-refractivity contribution in [3.63, 3.8) is 0 Å². The fourth-order valence-corrected chi connectivity index (χ4v) is 2.24. The lowest BCUT2D eigenvalue weighted by Crippen LogP contribution is -2.30. The second-order valence-corrected chi connectivity index (χ2v) is 4.99. The van der Waals surface area contributed by atoms with E-state index >= 15 is 0 Å². The normalized spacial score (nSPS) is 18.0. The first-order valence-corrected chi connectivity index (χ1v) is 6.88. The van der Waals surface area contributed by atoms with Crippen LogP contribution in [-0.2, 0) is 11.3 Å². The number of imide groups is 1. The lowest BCUT2D eigenvalue weighted by Gasteiger charge is -2.12. The molecule has 1 saturated heterocycles. The number of carbonyl (C=O) groups is 2. The SMILES string of the molecule is CCCC[C@@H]1NC(=O)N(Cc2ccc([N+](=O)[O-])cc2)C1=O. The van der Waals surface area contributed by atoms with E-state index in [0.29, 0.717) is 12.0 Å². The van der Waals surface area contributed by atoms with Crippen LogP contribution in [0.5, 0.6) is 0 Å². The zero-order valence-electron chi connectivity index (χ0n) is 11.7. The van der Waals surface area contributed by atoms with Crippen LogP contribution >= 0.6 is 0 Å². The topological polar surface area (TPSA) is 92.6 Å². The molecule has 2 rings (SSSR count). The summed E-state index contributed by atoms with van der Waals surface area (Å²) >= 11 is 0. The van der Waals surface area contributed by atoms with Crippen LogP contribution in [0.4, 0.5) is 10.5 Å². The number of nitro groups is 1. The molecule has 0 spiro atoms. The molecule has 1 fully saturated rings. The third-order valence-corrected chi connectivity index (χ3v) is 3.44. The first-order valence-electron chi connectivity index (χ1n) is 6.88. The van der Waals surface area contributed by atoms with E-state index in [2.05, 4.69) is 5.32 Å². The molecule has 0 saturated carbocycles. The molecule has 1 aliphatic heterocycles. The van der Waals surface area contributed by atoms with Gasteiger partial charge in [0.15, 0.2) is 0 Å². The minimum absolute atomic E-state index is 0.0169. The highest BCUT2D eigenvalue weighted by Gasteiger charge is 2.37. The van der Waals surface area contributed by atoms with E-state index in [1.165, 1.54) is 12.1 Å². The largest absolute Gasteiger partial charge is 0.326 e. The molecule has 1 heterocycles. The van der Waals surface area contributed by atoms with Gasteiger partial charge >= 0.3 is 6.03 Å². The quantitative estimate of drug-likeness (QED) is 0.494. The van der Waals surface area contributed by atoms with Crippen LogP contribution in [-0.4, -0.2) is 27.8 Å². The van der Waals surface area contributed by atoms with Crippen LogP contribution in [0.2, 0.25) is 0 Å². The summed E-state index contributed by atoms with van der Waals surface area (Å²) in [6.45, 7) is 2.15. The van der Waals surface area contributed by atoms with Crippen LogP contribution < -0.4 is 5.32 Å². The van der Waals surface area contributed by atoms with E-state index in [1.54, 1.807) is 12.1 Å². The summed E-state index contributed by atoms with van der Waals surface area (Å²) in [7, 11) is 0. The number of rotatable bonds is 6. The summed E-state index contributed by atoms with van der Waals surface area (Å²) in [5.74, 6) is -0.230. The van der Waals surface area contributed by atoms with Crippen molar-refractivity contribution in [3.05, 3.63) is 39.9 Å². The molecule has 0 aliphatic carbocycles. The maximum atomic E-state index is 12.1. The van der Waals surface area contributed by atoms with E-state index in [1.807, 2.05) is 6.92 Å². The first-order chi connectivity index (χ1) is 10.0. The van der Waals surface area contributed by atoms with Gasteiger partial charge in [0.25, 0.3) is 11.6 Å². The fourth-order valence-electron chi connectivity index (χ4n) is 2.24. The Bertz CT molecular complexity index is 556. The van der Waals surface area contributed by atoms with E-state index in [-0.39, 0.29) is 18.1 Å². The maximum absolute atomic E-state index is 12.1. The van der Waals surface area contributed by atoms with Crippen LogP contribution in [0.15, 0.2) is 24.3 Å². The number of benzene rings is 1. The highest BCUT2D eigenvalue weighted by atomic mass is 16.6. The number of nitrogens with zero attached hydrogens (tertiary/aromatic N) is 2. The van der Waals surface area contributed by atoms with Gasteiger partial charge in [-0.05, 0) is 12.0 Å². The van der Waals surface area contributed by atoms with Gasteiger partial charge in [-0.25, -0.2) is 4.79 Å². The Morgan fingerprint density at radius 2 is 1.95 bits per heavy atom. The van der Waals surface area contributed by atoms with E-state index < -0.39 is 17.0 Å². The third-order valence-electron chi connectivity index (χ3n) is 3.44. The molecule has 7 heteroatoms. The van der Waals surface area contributed by atoms with Crippen molar-refractivity contribution < 1.29 is 14.5 Å². The summed E-state index contributed by atoms with van der Waals surface area (Å²) in [6.07, 6.45) is 2.47. The van der Waals surface area contributed by atoms with Gasteiger partial charge in [0.1, 0.15) is 6.04 Å². The van der Waals surface area contributed by atoms with Crippen molar-refractivity contribution in [2.45, 2.75) is 38.8 Å². The minimum atomic E-state index is -0.488. The molecule has 1 aromatic carbocycles. The predicted octanol–water partition coefficient (Wildman–Crippen LogP) is 2.21. The van der Waals surface area contributed by atoms with Gasteiger partial charge in [-0.15, -0.1) is 0 Å². The molecule has 1 aliphatic rings. The molecule has 7 nitrogen and oxygen atoms in total. The Balaban J connectivity index is 2.03. The van der Waals surface area contributed by atoms with Gasteiger partial charge in [0.05, 0.1) is 11.5 Å². The van der Waals surface area contributed by atoms with Crippen molar-refractivity contribution >= 4 is 17.6 Å². The molecule has 1 N–H and O–H groups in total. The first kappa shape index (κ1) is 15.0. The van der Waals surface area contributed by atoms with Gasteiger partial charge in [-0.1, -0.05) is 31.9 Å². The number of carbonyl (C=O) groups excluding carboxylic acids is 2. The highest BCUT2D eigenvalue weighted by Crippen LogP contribution is 2.17. The van der Waals surface area contributed by atoms with Gasteiger partial charge in [-0.3, -0.25) is 19.8 Å². The molecule has 1 atom stereocenters. The van der Waals surface area contributed by atoms with Crippen LogP contribution in [0.1, 0.15) is 31.7 Å². The van der Waals surface area contributed by atoms with Crippen molar-refractivity contribution in [1.82, 2.24) is 10.2 Å². The zero-order chi connectivity index (χ0) is 15.4. The molecule has 3 amide bonds. The summed E-state index contributed by atoms with van der Waals surface area (Å²) in [5.41, 5.74) is 0.664. The number of hydrogen-bond donors (Lipinski definition) is 1. The van der Waals surface area contributed by atoms with Crippen molar-refractivity contribution in [2.24, 2.45) is 0 Å². The number of unbranched alkanes of at least 4 members (excludes halogenated alkanes) is 1. The number of nitro benzene ring substituents is 1. The zero-order valence-corrected chi connectivity index (χ0v) is 11.7. The monoisotopic (exact) mass is 291 g/mol. The summed E-state index contributed by atoms with van der Waals surface area (Å²) in [4.78, 5) is 35.2. The highest BCUT2D eigenvalue weighted by molar-refractivity contribution is 6.04. The van der Waals surface area contributed by atoms with Gasteiger partial charge < -0.3 is 5.32 Å². The van der Waals surface area contributed by atoms with Crippen molar-refractivity contribution in [2.75, 3.05) is 0 Å². The summed E-state index contributed by atoms with van der Waals surface area (Å²) in [5, 5.41) is 13.2. The van der Waals surface area contributed by atoms with Crippen LogP contribution in [0.3, 0.4) is 0 Å². The van der Waals surface area contributed by atoms with Crippen LogP contribution in [0.25, 0.3) is 0 Å². The van der Waals surface area contributed by atoms with Gasteiger partial charge in [-0.2, -0.15) is 0 Å². The van der Waals surface area contributed by atoms with Gasteiger partial charge in [0.2, 0.25) is 0 Å². The molecule has 21 heavy (non-hydrogen) atoms. The second-order valence-electron chi connectivity index (χ2n) is 4.99. The molecule has 0 radical (unpaired) electrons. The fraction of sp³-hybridized carbons (Fsp3) is 0.429. The van der Waals surface area contributed by atoms with E-state index in [9.17, 15) is 19.7 Å². The van der Waals surface area contributed by atoms with E-state index in [4.69, 9.17) is 0 Å². The average Bonchev–Trinajstić information content (AvgIpc) is 2.73. The summed E-state index contributed by atoms with van der Waals surface area (Å²) < 4.78 is 0. The van der Waals surface area contributed by atoms with Crippen molar-refractivity contribution in [3.8, 4) is 0 Å². The standard InChI is InChI=1S/C14H17N3O4/c1-2-3-4-12-13(18)16(14(19)15-12)9-10-5-7-11(8-6-10)17(20)21/h5-8,12H,2-4,9H2,1H3,(H,15,19)/t12-/m0/s1. The van der Waals surface area contributed by atoms with Crippen molar-refractivity contribution in [1.29, 1.82) is 0 Å². The molecule has 0 aromatic heterocycles. The predicted molar refractivity (Wildman–Crippen MR) is 75.5 cm³/mol. The Morgan fingerprint density at radius 3 is 2.52 bits per heavy atom. The molecule has 0 bridgehead atoms. The Hall–Kier alpha value is -2.44. The molecular formula is C14H17N3O4. The Labute approximate surface area is 122 Å². The number of nitrogens with one attached hydrogen (secondary N) is 1.